The Bertz CT molecular complexity index is 837. The van der Waals surface area contributed by atoms with Crippen LogP contribution in [0.25, 0.3) is 0 Å². The summed E-state index contributed by atoms with van der Waals surface area (Å²) in [5.74, 6) is -4.02. The molecular weight excluding hydrogens is 428 g/mol. The zero-order valence-electron chi connectivity index (χ0n) is 18.1. The molecule has 12 heteroatoms. The van der Waals surface area contributed by atoms with Crippen LogP contribution in [0.4, 0.5) is 8.78 Å². The van der Waals surface area contributed by atoms with E-state index in [1.165, 1.54) is 0 Å². The van der Waals surface area contributed by atoms with Gasteiger partial charge in [-0.25, -0.2) is 8.78 Å². The minimum absolute atomic E-state index is 0.0462. The smallest absolute Gasteiger partial charge is 0.257 e. The Kier molecular flexibility index (Phi) is 7.91. The average molecular weight is 457 g/mol. The molecule has 2 aliphatic rings. The number of carbonyl (C=O) groups is 2. The number of nitrogens with zero attached hydrogens (tertiary/aromatic N) is 2. The summed E-state index contributed by atoms with van der Waals surface area (Å²) >= 11 is 0. The highest BCUT2D eigenvalue weighted by molar-refractivity contribution is 5.97. The van der Waals surface area contributed by atoms with Crippen molar-refractivity contribution in [3.05, 3.63) is 23.4 Å². The van der Waals surface area contributed by atoms with Gasteiger partial charge < -0.3 is 25.1 Å². The largest absolute Gasteiger partial charge is 0.381 e. The monoisotopic (exact) mass is 457 g/mol. The highest BCUT2D eigenvalue weighted by Gasteiger charge is 2.36. The normalized spacial score (nSPS) is 20.0. The van der Waals surface area contributed by atoms with Gasteiger partial charge in [-0.3, -0.25) is 9.59 Å². The Balaban J connectivity index is 1.67. The molecule has 0 bridgehead atoms. The summed E-state index contributed by atoms with van der Waals surface area (Å²) < 4.78 is 32.6. The summed E-state index contributed by atoms with van der Waals surface area (Å²) in [7, 11) is 0. The molecule has 2 heterocycles. The molecule has 4 N–H and O–H groups in total. The lowest BCUT2D eigenvalue weighted by molar-refractivity contribution is -0.131. The fourth-order valence-electron chi connectivity index (χ4n) is 3.29. The number of nitrogens with one attached hydrogen (secondary N) is 3. The Labute approximate surface area is 184 Å². The SMILES string of the molecule is CC[C@H](NC(=O)[C@H](CC(C)(F)F)NC(=O)C1=CCCONC1)[C@H](O)c1nc(C2CC2)no1. The lowest BCUT2D eigenvalue weighted by Gasteiger charge is -2.26. The van der Waals surface area contributed by atoms with E-state index in [2.05, 4.69) is 26.3 Å². The van der Waals surface area contributed by atoms with Crippen LogP contribution in [0.5, 0.6) is 0 Å². The molecule has 3 rings (SSSR count). The molecule has 0 aromatic carbocycles. The molecule has 1 aromatic heterocycles. The number of aliphatic hydroxyl groups is 1. The van der Waals surface area contributed by atoms with Crippen molar-refractivity contribution in [1.29, 1.82) is 0 Å². The highest BCUT2D eigenvalue weighted by Crippen LogP contribution is 2.38. The van der Waals surface area contributed by atoms with Crippen LogP contribution in [0.3, 0.4) is 0 Å². The summed E-state index contributed by atoms with van der Waals surface area (Å²) in [6.07, 6.45) is 2.05. The average Bonchev–Trinajstić information content (AvgIpc) is 3.52. The molecule has 0 saturated heterocycles. The number of carbonyl (C=O) groups excluding carboxylic acids is 2. The van der Waals surface area contributed by atoms with Crippen molar-refractivity contribution in [2.24, 2.45) is 0 Å². The van der Waals surface area contributed by atoms with Crippen molar-refractivity contribution < 1.29 is 32.8 Å². The number of hydrogen-bond donors (Lipinski definition) is 4. The summed E-state index contributed by atoms with van der Waals surface area (Å²) in [5.41, 5.74) is 2.87. The second-order valence-electron chi connectivity index (χ2n) is 8.22. The minimum atomic E-state index is -3.21. The van der Waals surface area contributed by atoms with Gasteiger partial charge in [-0.2, -0.15) is 10.5 Å². The Morgan fingerprint density at radius 2 is 2.12 bits per heavy atom. The maximum atomic E-state index is 13.8. The molecule has 1 aliphatic carbocycles. The number of amides is 2. The second kappa shape index (κ2) is 10.5. The van der Waals surface area contributed by atoms with Gasteiger partial charge in [-0.15, -0.1) is 0 Å². The first-order chi connectivity index (χ1) is 15.2. The van der Waals surface area contributed by atoms with Gasteiger partial charge in [0.15, 0.2) is 11.9 Å². The van der Waals surface area contributed by atoms with Crippen molar-refractivity contribution in [2.75, 3.05) is 13.2 Å². The van der Waals surface area contributed by atoms with Gasteiger partial charge in [0.1, 0.15) is 6.04 Å². The van der Waals surface area contributed by atoms with E-state index < -0.39 is 42.3 Å². The van der Waals surface area contributed by atoms with Crippen LogP contribution in [-0.2, 0) is 14.4 Å². The number of hydrogen-bond acceptors (Lipinski definition) is 8. The quantitative estimate of drug-likeness (QED) is 0.412. The van der Waals surface area contributed by atoms with Gasteiger partial charge in [0, 0.05) is 17.9 Å². The maximum Gasteiger partial charge on any atom is 0.257 e. The van der Waals surface area contributed by atoms with Crippen molar-refractivity contribution in [2.45, 2.75) is 76.0 Å². The van der Waals surface area contributed by atoms with Gasteiger partial charge in [0.25, 0.3) is 5.89 Å². The number of halogens is 2. The van der Waals surface area contributed by atoms with E-state index in [4.69, 9.17) is 9.36 Å². The molecule has 0 unspecified atom stereocenters. The summed E-state index contributed by atoms with van der Waals surface area (Å²) in [5, 5.41) is 19.4. The Morgan fingerprint density at radius 3 is 2.78 bits per heavy atom. The molecule has 0 spiro atoms. The zero-order valence-corrected chi connectivity index (χ0v) is 18.1. The highest BCUT2D eigenvalue weighted by atomic mass is 19.3. The van der Waals surface area contributed by atoms with Gasteiger partial charge in [0.05, 0.1) is 19.2 Å². The predicted octanol–water partition coefficient (Wildman–Crippen LogP) is 1.26. The number of rotatable bonds is 10. The predicted molar refractivity (Wildman–Crippen MR) is 107 cm³/mol. The number of aromatic nitrogens is 2. The third-order valence-corrected chi connectivity index (χ3v) is 5.25. The van der Waals surface area contributed by atoms with E-state index in [0.29, 0.717) is 25.8 Å². The van der Waals surface area contributed by atoms with Gasteiger partial charge in [-0.05, 0) is 32.6 Å². The van der Waals surface area contributed by atoms with Crippen molar-refractivity contribution in [1.82, 2.24) is 26.3 Å². The molecule has 1 aromatic rings. The van der Waals surface area contributed by atoms with Crippen molar-refractivity contribution >= 4 is 11.8 Å². The van der Waals surface area contributed by atoms with Crippen molar-refractivity contribution in [3.8, 4) is 0 Å². The van der Waals surface area contributed by atoms with Crippen LogP contribution in [0, 0.1) is 0 Å². The van der Waals surface area contributed by atoms with E-state index >= 15 is 0 Å². The molecule has 178 valence electrons. The molecule has 1 fully saturated rings. The van der Waals surface area contributed by atoms with E-state index in [-0.39, 0.29) is 30.3 Å². The third kappa shape index (κ3) is 6.78. The Hall–Kier alpha value is -2.44. The summed E-state index contributed by atoms with van der Waals surface area (Å²) in [6, 6.07) is -2.38. The standard InChI is InChI=1S/C20H29F2N5O5/c1-3-13(15(28)19-26-16(27-32-19)11-6-7-11)24-18(30)14(9-20(2,21)22)25-17(29)12-5-4-8-31-23-10-12/h5,11,13-15,23,28H,3-4,6-10H2,1-2H3,(H,24,30)(H,25,29)/t13-,14-,15-/m0/s1. The molecule has 10 nitrogen and oxygen atoms in total. The summed E-state index contributed by atoms with van der Waals surface area (Å²) in [6.45, 7) is 2.82. The van der Waals surface area contributed by atoms with Crippen LogP contribution in [0.1, 0.15) is 69.7 Å². The fraction of sp³-hybridized carbons (Fsp3) is 0.700. The number of aliphatic hydroxyl groups excluding tert-OH is 1. The lowest BCUT2D eigenvalue weighted by Crippen LogP contribution is -2.53. The molecule has 2 amide bonds. The van der Waals surface area contributed by atoms with E-state index in [1.54, 1.807) is 13.0 Å². The van der Waals surface area contributed by atoms with Gasteiger partial charge in [0.2, 0.25) is 17.7 Å². The first-order valence-electron chi connectivity index (χ1n) is 10.7. The van der Waals surface area contributed by atoms with Gasteiger partial charge in [-0.1, -0.05) is 18.2 Å². The molecular formula is C20H29F2N5O5. The van der Waals surface area contributed by atoms with E-state index in [9.17, 15) is 23.5 Å². The molecule has 0 radical (unpaired) electrons. The Morgan fingerprint density at radius 1 is 1.38 bits per heavy atom. The minimum Gasteiger partial charge on any atom is -0.381 e. The fourth-order valence-corrected chi connectivity index (χ4v) is 3.29. The molecule has 32 heavy (non-hydrogen) atoms. The topological polar surface area (TPSA) is 139 Å². The first-order valence-corrected chi connectivity index (χ1v) is 10.7. The van der Waals surface area contributed by atoms with Crippen LogP contribution in [-0.4, -0.2) is 58.2 Å². The van der Waals surface area contributed by atoms with E-state index in [0.717, 1.165) is 12.8 Å². The number of alkyl halides is 2. The van der Waals surface area contributed by atoms with Crippen LogP contribution in [0.15, 0.2) is 16.2 Å². The second-order valence-corrected chi connectivity index (χ2v) is 8.22. The van der Waals surface area contributed by atoms with E-state index in [1.807, 2.05) is 0 Å². The van der Waals surface area contributed by atoms with Crippen LogP contribution < -0.4 is 16.1 Å². The van der Waals surface area contributed by atoms with Crippen molar-refractivity contribution in [3.63, 3.8) is 0 Å². The first kappa shape index (κ1) is 24.2. The third-order valence-electron chi connectivity index (χ3n) is 5.25. The molecule has 1 aliphatic heterocycles. The van der Waals surface area contributed by atoms with Crippen LogP contribution >= 0.6 is 0 Å². The number of hydroxylamine groups is 1. The zero-order chi connectivity index (χ0) is 23.3. The molecule has 1 saturated carbocycles. The van der Waals surface area contributed by atoms with Gasteiger partial charge >= 0.3 is 0 Å². The maximum absolute atomic E-state index is 13.8. The van der Waals surface area contributed by atoms with Crippen LogP contribution in [0.2, 0.25) is 0 Å². The summed E-state index contributed by atoms with van der Waals surface area (Å²) in [4.78, 5) is 34.6. The lowest BCUT2D eigenvalue weighted by atomic mass is 10.0. The molecule has 3 atom stereocenters.